The number of carbonyl (C=O) groups is 1. The lowest BCUT2D eigenvalue weighted by Gasteiger charge is -2.16. The molecule has 1 aromatic carbocycles. The van der Waals surface area contributed by atoms with Crippen LogP contribution >= 0.6 is 21.6 Å². The quantitative estimate of drug-likeness (QED) is 0.798. The van der Waals surface area contributed by atoms with Crippen molar-refractivity contribution in [2.24, 2.45) is 0 Å². The molecule has 0 fully saturated rings. The van der Waals surface area contributed by atoms with E-state index in [2.05, 4.69) is 0 Å². The van der Waals surface area contributed by atoms with Gasteiger partial charge in [0.2, 0.25) is 0 Å². The van der Waals surface area contributed by atoms with E-state index in [4.69, 9.17) is 5.11 Å². The van der Waals surface area contributed by atoms with E-state index in [1.807, 2.05) is 0 Å². The van der Waals surface area contributed by atoms with Gasteiger partial charge < -0.3 is 10.2 Å². The summed E-state index contributed by atoms with van der Waals surface area (Å²) in [5, 5.41) is 18.1. The fourth-order valence-electron chi connectivity index (χ4n) is 0.764. The van der Waals surface area contributed by atoms with Crippen molar-refractivity contribution in [3.63, 3.8) is 0 Å². The summed E-state index contributed by atoms with van der Waals surface area (Å²) >= 11 is 0. The normalized spacial score (nSPS) is 14.4. The van der Waals surface area contributed by atoms with Crippen LogP contribution in [-0.4, -0.2) is 27.5 Å². The van der Waals surface area contributed by atoms with Crippen LogP contribution in [0.5, 0.6) is 0 Å². The maximum absolute atomic E-state index is 12.6. The molecule has 0 spiro atoms. The van der Waals surface area contributed by atoms with Gasteiger partial charge in [-0.25, -0.2) is 9.18 Å². The topological polar surface area (TPSA) is 57.5 Å². The molecule has 0 radical (unpaired) electrons. The molecule has 0 bridgehead atoms. The highest BCUT2D eigenvalue weighted by Gasteiger charge is 2.29. The van der Waals surface area contributed by atoms with Crippen LogP contribution in [0, 0.1) is 5.82 Å². The van der Waals surface area contributed by atoms with Gasteiger partial charge in [0.05, 0.1) is 0 Å². The van der Waals surface area contributed by atoms with Gasteiger partial charge in [-0.1, -0.05) is 21.6 Å². The Hall–Kier alpha value is -0.720. The van der Waals surface area contributed by atoms with Crippen LogP contribution in [0.25, 0.3) is 0 Å². The van der Waals surface area contributed by atoms with Crippen LogP contribution in [0.4, 0.5) is 4.39 Å². The second-order valence-electron chi connectivity index (χ2n) is 3.38. The minimum atomic E-state index is -1.74. The van der Waals surface area contributed by atoms with Crippen molar-refractivity contribution < 1.29 is 19.4 Å². The zero-order chi connectivity index (χ0) is 12.2. The first-order valence-corrected chi connectivity index (χ1v) is 6.74. The summed E-state index contributed by atoms with van der Waals surface area (Å²) in [5.41, 5.74) is -1.74. The molecule has 0 aliphatic heterocycles. The fourth-order valence-corrected chi connectivity index (χ4v) is 3.17. The Labute approximate surface area is 100 Å². The molecule has 0 amide bonds. The van der Waals surface area contributed by atoms with Gasteiger partial charge in [0.25, 0.3) is 0 Å². The molecular weight excluding hydrogens is 251 g/mol. The molecule has 0 aliphatic carbocycles. The van der Waals surface area contributed by atoms with Crippen molar-refractivity contribution >= 4 is 27.6 Å². The molecule has 1 atom stereocenters. The van der Waals surface area contributed by atoms with Crippen molar-refractivity contribution in [1.82, 2.24) is 0 Å². The Morgan fingerprint density at radius 2 is 2.00 bits per heavy atom. The zero-order valence-corrected chi connectivity index (χ0v) is 10.1. The minimum Gasteiger partial charge on any atom is -0.479 e. The number of carboxylic acids is 1. The van der Waals surface area contributed by atoms with Gasteiger partial charge >= 0.3 is 5.97 Å². The predicted molar refractivity (Wildman–Crippen MR) is 63.0 cm³/mol. The molecule has 0 saturated carbocycles. The first-order chi connectivity index (χ1) is 7.42. The van der Waals surface area contributed by atoms with E-state index < -0.39 is 11.6 Å². The number of hydrogen-bond donors (Lipinski definition) is 2. The SMILES string of the molecule is CC(O)(CSSc1ccc(F)cc1)C(=O)O. The molecule has 0 saturated heterocycles. The molecule has 1 unspecified atom stereocenters. The number of hydrogen-bond acceptors (Lipinski definition) is 4. The van der Waals surface area contributed by atoms with Crippen LogP contribution < -0.4 is 0 Å². The Morgan fingerprint density at radius 1 is 1.44 bits per heavy atom. The van der Waals surface area contributed by atoms with Crippen LogP contribution in [0.15, 0.2) is 29.2 Å². The van der Waals surface area contributed by atoms with Gasteiger partial charge in [-0.3, -0.25) is 0 Å². The smallest absolute Gasteiger partial charge is 0.336 e. The summed E-state index contributed by atoms with van der Waals surface area (Å²) < 4.78 is 12.6. The number of aliphatic hydroxyl groups is 1. The van der Waals surface area contributed by atoms with Crippen LogP contribution in [0.1, 0.15) is 6.92 Å². The molecule has 88 valence electrons. The number of benzene rings is 1. The summed E-state index contributed by atoms with van der Waals surface area (Å²) in [6.07, 6.45) is 0. The Kier molecular flexibility index (Phi) is 4.64. The molecule has 2 N–H and O–H groups in total. The summed E-state index contributed by atoms with van der Waals surface area (Å²) in [4.78, 5) is 11.4. The van der Waals surface area contributed by atoms with Gasteiger partial charge in [0.15, 0.2) is 5.60 Å². The monoisotopic (exact) mass is 262 g/mol. The molecular formula is C10H11FO3S2. The Balaban J connectivity index is 2.41. The summed E-state index contributed by atoms with van der Waals surface area (Å²) in [6, 6.07) is 5.86. The van der Waals surface area contributed by atoms with E-state index >= 15 is 0 Å². The first kappa shape index (κ1) is 13.3. The number of halogens is 1. The fraction of sp³-hybridized carbons (Fsp3) is 0.300. The molecule has 0 heterocycles. The highest BCUT2D eigenvalue weighted by atomic mass is 33.1. The molecule has 0 aromatic heterocycles. The second kappa shape index (κ2) is 5.56. The molecule has 6 heteroatoms. The zero-order valence-electron chi connectivity index (χ0n) is 8.51. The molecule has 0 aliphatic rings. The minimum absolute atomic E-state index is 0.0599. The summed E-state index contributed by atoms with van der Waals surface area (Å²) in [7, 11) is 2.51. The largest absolute Gasteiger partial charge is 0.479 e. The van der Waals surface area contributed by atoms with E-state index in [1.54, 1.807) is 12.1 Å². The summed E-state index contributed by atoms with van der Waals surface area (Å²) in [5.74, 6) is -1.50. The molecule has 3 nitrogen and oxygen atoms in total. The lowest BCUT2D eigenvalue weighted by molar-refractivity contribution is -0.154. The third kappa shape index (κ3) is 4.03. The Bertz CT molecular complexity index is 365. The first-order valence-electron chi connectivity index (χ1n) is 4.42. The molecule has 16 heavy (non-hydrogen) atoms. The maximum Gasteiger partial charge on any atom is 0.336 e. The standard InChI is InChI=1S/C10H11FO3S2/c1-10(14,9(12)13)6-15-16-8-4-2-7(11)3-5-8/h2-5,14H,6H2,1H3,(H,12,13). The van der Waals surface area contributed by atoms with Crippen LogP contribution in [0.2, 0.25) is 0 Å². The van der Waals surface area contributed by atoms with Crippen molar-refractivity contribution in [2.45, 2.75) is 17.4 Å². The van der Waals surface area contributed by atoms with Crippen molar-refractivity contribution in [3.8, 4) is 0 Å². The van der Waals surface area contributed by atoms with Gasteiger partial charge in [-0.05, 0) is 31.2 Å². The third-order valence-electron chi connectivity index (χ3n) is 1.77. The van der Waals surface area contributed by atoms with Gasteiger partial charge in [0, 0.05) is 10.6 Å². The van der Waals surface area contributed by atoms with E-state index in [0.717, 1.165) is 4.90 Å². The highest BCUT2D eigenvalue weighted by molar-refractivity contribution is 8.76. The third-order valence-corrected chi connectivity index (χ3v) is 4.32. The Morgan fingerprint density at radius 3 is 2.50 bits per heavy atom. The average Bonchev–Trinajstić information content (AvgIpc) is 2.20. The van der Waals surface area contributed by atoms with Crippen molar-refractivity contribution in [3.05, 3.63) is 30.1 Å². The second-order valence-corrected chi connectivity index (χ2v) is 5.75. The predicted octanol–water partition coefficient (Wildman–Crippen LogP) is 2.40. The van der Waals surface area contributed by atoms with Gasteiger partial charge in [-0.2, -0.15) is 0 Å². The van der Waals surface area contributed by atoms with Crippen LogP contribution in [0.3, 0.4) is 0 Å². The number of carboxylic acid groups (broad SMARTS) is 1. The maximum atomic E-state index is 12.6. The molecule has 1 aromatic rings. The highest BCUT2D eigenvalue weighted by Crippen LogP contribution is 2.33. The van der Waals surface area contributed by atoms with E-state index in [9.17, 15) is 14.3 Å². The number of aliphatic carboxylic acids is 1. The van der Waals surface area contributed by atoms with Crippen molar-refractivity contribution in [2.75, 3.05) is 5.75 Å². The average molecular weight is 262 g/mol. The summed E-state index contributed by atoms with van der Waals surface area (Å²) in [6.45, 7) is 1.24. The van der Waals surface area contributed by atoms with Crippen LogP contribution in [-0.2, 0) is 4.79 Å². The van der Waals surface area contributed by atoms with Gasteiger partial charge in [-0.15, -0.1) is 0 Å². The van der Waals surface area contributed by atoms with E-state index in [0.29, 0.717) is 0 Å². The number of rotatable bonds is 5. The lowest BCUT2D eigenvalue weighted by atomic mass is 10.1. The van der Waals surface area contributed by atoms with E-state index in [-0.39, 0.29) is 11.6 Å². The molecule has 1 rings (SSSR count). The van der Waals surface area contributed by atoms with Crippen molar-refractivity contribution in [1.29, 1.82) is 0 Å². The van der Waals surface area contributed by atoms with E-state index in [1.165, 1.54) is 40.6 Å². The van der Waals surface area contributed by atoms with Gasteiger partial charge in [0.1, 0.15) is 5.82 Å². The lowest BCUT2D eigenvalue weighted by Crippen LogP contribution is -2.37.